The molecule has 1 saturated carbocycles. The lowest BCUT2D eigenvalue weighted by molar-refractivity contribution is 0.137. The molecule has 1 rings (SSSR count). The van der Waals surface area contributed by atoms with Gasteiger partial charge >= 0.3 is 0 Å². The van der Waals surface area contributed by atoms with E-state index in [1.54, 1.807) is 0 Å². The molecular formula is C21H42. The summed E-state index contributed by atoms with van der Waals surface area (Å²) < 4.78 is 0. The molecule has 0 heteroatoms. The molecular weight excluding hydrogens is 252 g/mol. The van der Waals surface area contributed by atoms with E-state index in [2.05, 4.69) is 34.6 Å². The highest BCUT2D eigenvalue weighted by Gasteiger charge is 2.29. The van der Waals surface area contributed by atoms with Gasteiger partial charge in [0.05, 0.1) is 0 Å². The zero-order valence-electron chi connectivity index (χ0n) is 15.7. The molecule has 0 aromatic carbocycles. The van der Waals surface area contributed by atoms with Gasteiger partial charge in [-0.05, 0) is 42.4 Å². The van der Waals surface area contributed by atoms with Gasteiger partial charge in [0, 0.05) is 0 Å². The summed E-state index contributed by atoms with van der Waals surface area (Å²) >= 11 is 0. The van der Waals surface area contributed by atoms with Crippen LogP contribution in [0.15, 0.2) is 0 Å². The van der Waals surface area contributed by atoms with Crippen LogP contribution < -0.4 is 0 Å². The minimum absolute atomic E-state index is 0.938. The van der Waals surface area contributed by atoms with E-state index >= 15 is 0 Å². The molecule has 0 radical (unpaired) electrons. The van der Waals surface area contributed by atoms with Crippen molar-refractivity contribution in [3.8, 4) is 0 Å². The Balaban J connectivity index is 2.33. The summed E-state index contributed by atoms with van der Waals surface area (Å²) in [4.78, 5) is 0. The third-order valence-corrected chi connectivity index (χ3v) is 6.40. The van der Waals surface area contributed by atoms with Crippen LogP contribution >= 0.6 is 0 Å². The van der Waals surface area contributed by atoms with E-state index in [-0.39, 0.29) is 0 Å². The van der Waals surface area contributed by atoms with Gasteiger partial charge in [-0.25, -0.2) is 0 Å². The third-order valence-electron chi connectivity index (χ3n) is 6.40. The zero-order chi connectivity index (χ0) is 15.7. The molecule has 0 aromatic rings. The van der Waals surface area contributed by atoms with Crippen LogP contribution in [0.2, 0.25) is 0 Å². The molecule has 1 aliphatic carbocycles. The van der Waals surface area contributed by atoms with Gasteiger partial charge in [-0.3, -0.25) is 0 Å². The van der Waals surface area contributed by atoms with Gasteiger partial charge in [-0.15, -0.1) is 0 Å². The van der Waals surface area contributed by atoms with Crippen molar-refractivity contribution in [3.05, 3.63) is 0 Å². The molecule has 1 aliphatic rings. The van der Waals surface area contributed by atoms with Gasteiger partial charge in [-0.2, -0.15) is 0 Å². The molecule has 126 valence electrons. The smallest absolute Gasteiger partial charge is 0.0360 e. The van der Waals surface area contributed by atoms with Crippen molar-refractivity contribution >= 4 is 0 Å². The standard InChI is InChI=1S/C21H42/c1-6-17(3)12-8-9-13-19(5)21-15-11-10-14-20(21)16-18(4)7-2/h17-21H,6-16H2,1-5H3. The van der Waals surface area contributed by atoms with Crippen LogP contribution in [-0.4, -0.2) is 0 Å². The maximum atomic E-state index is 2.56. The van der Waals surface area contributed by atoms with Crippen molar-refractivity contribution in [1.29, 1.82) is 0 Å². The summed E-state index contributed by atoms with van der Waals surface area (Å²) in [6.07, 6.45) is 16.1. The Kier molecular flexibility index (Phi) is 9.69. The average Bonchev–Trinajstić information content (AvgIpc) is 2.51. The normalized spacial score (nSPS) is 27.3. The van der Waals surface area contributed by atoms with Gasteiger partial charge in [0.15, 0.2) is 0 Å². The molecule has 5 unspecified atom stereocenters. The summed E-state index contributed by atoms with van der Waals surface area (Å²) in [7, 11) is 0. The second kappa shape index (κ2) is 10.7. The molecule has 0 bridgehead atoms. The maximum Gasteiger partial charge on any atom is -0.0360 e. The summed E-state index contributed by atoms with van der Waals surface area (Å²) in [5.41, 5.74) is 0. The summed E-state index contributed by atoms with van der Waals surface area (Å²) in [6.45, 7) is 12.1. The SMILES string of the molecule is CCC(C)CCCCC(C)C1CCCCC1CC(C)CC. The Hall–Kier alpha value is 0. The highest BCUT2D eigenvalue weighted by molar-refractivity contribution is 4.80. The molecule has 0 heterocycles. The van der Waals surface area contributed by atoms with Crippen LogP contribution in [0.25, 0.3) is 0 Å². The molecule has 0 spiro atoms. The largest absolute Gasteiger partial charge is 0.0651 e. The molecule has 1 fully saturated rings. The monoisotopic (exact) mass is 294 g/mol. The first kappa shape index (κ1) is 19.0. The van der Waals surface area contributed by atoms with Crippen LogP contribution in [0.4, 0.5) is 0 Å². The highest BCUT2D eigenvalue weighted by atomic mass is 14.3. The van der Waals surface area contributed by atoms with E-state index in [9.17, 15) is 0 Å². The highest BCUT2D eigenvalue weighted by Crippen LogP contribution is 2.40. The van der Waals surface area contributed by atoms with Crippen molar-refractivity contribution < 1.29 is 0 Å². The molecule has 5 atom stereocenters. The van der Waals surface area contributed by atoms with Crippen molar-refractivity contribution in [1.82, 2.24) is 0 Å². The van der Waals surface area contributed by atoms with E-state index in [0.29, 0.717) is 0 Å². The topological polar surface area (TPSA) is 0 Å². The lowest BCUT2D eigenvalue weighted by Gasteiger charge is -2.37. The van der Waals surface area contributed by atoms with E-state index in [0.717, 1.165) is 29.6 Å². The van der Waals surface area contributed by atoms with Crippen LogP contribution in [0.1, 0.15) is 105 Å². The Morgan fingerprint density at radius 3 is 2.10 bits per heavy atom. The molecule has 21 heavy (non-hydrogen) atoms. The Morgan fingerprint density at radius 1 is 0.810 bits per heavy atom. The number of hydrogen-bond donors (Lipinski definition) is 0. The molecule has 0 N–H and O–H groups in total. The van der Waals surface area contributed by atoms with E-state index < -0.39 is 0 Å². The predicted molar refractivity (Wildman–Crippen MR) is 96.6 cm³/mol. The van der Waals surface area contributed by atoms with Gasteiger partial charge in [0.2, 0.25) is 0 Å². The molecule has 0 aromatic heterocycles. The van der Waals surface area contributed by atoms with Gasteiger partial charge in [-0.1, -0.05) is 92.4 Å². The number of rotatable bonds is 10. The first-order valence-electron chi connectivity index (χ1n) is 10.1. The van der Waals surface area contributed by atoms with Crippen LogP contribution in [0, 0.1) is 29.6 Å². The number of hydrogen-bond acceptors (Lipinski definition) is 0. The van der Waals surface area contributed by atoms with Crippen LogP contribution in [-0.2, 0) is 0 Å². The van der Waals surface area contributed by atoms with Crippen LogP contribution in [0.5, 0.6) is 0 Å². The van der Waals surface area contributed by atoms with E-state index in [1.807, 2.05) is 0 Å². The quantitative estimate of drug-likeness (QED) is 0.366. The zero-order valence-corrected chi connectivity index (χ0v) is 15.7. The predicted octanol–water partition coefficient (Wildman–Crippen LogP) is 7.47. The van der Waals surface area contributed by atoms with E-state index in [4.69, 9.17) is 0 Å². The summed E-state index contributed by atoms with van der Waals surface area (Å²) in [5.74, 6) is 4.92. The lowest BCUT2D eigenvalue weighted by Crippen LogP contribution is -2.27. The van der Waals surface area contributed by atoms with Crippen molar-refractivity contribution in [2.75, 3.05) is 0 Å². The second-order valence-corrected chi connectivity index (χ2v) is 8.23. The Labute approximate surface area is 135 Å². The average molecular weight is 295 g/mol. The van der Waals surface area contributed by atoms with Crippen LogP contribution in [0.3, 0.4) is 0 Å². The van der Waals surface area contributed by atoms with Crippen molar-refractivity contribution in [2.45, 2.75) is 105 Å². The molecule has 0 amide bonds. The van der Waals surface area contributed by atoms with Gasteiger partial charge in [0.1, 0.15) is 0 Å². The van der Waals surface area contributed by atoms with Crippen molar-refractivity contribution in [2.24, 2.45) is 29.6 Å². The fourth-order valence-corrected chi connectivity index (χ4v) is 4.34. The second-order valence-electron chi connectivity index (χ2n) is 8.23. The van der Waals surface area contributed by atoms with E-state index in [1.165, 1.54) is 70.6 Å². The Bertz CT molecular complexity index is 244. The minimum Gasteiger partial charge on any atom is -0.0651 e. The fourth-order valence-electron chi connectivity index (χ4n) is 4.34. The first-order chi connectivity index (χ1) is 10.1. The third kappa shape index (κ3) is 7.20. The maximum absolute atomic E-state index is 2.56. The number of unbranched alkanes of at least 4 members (excludes halogenated alkanes) is 1. The molecule has 0 aliphatic heterocycles. The molecule has 0 saturated heterocycles. The summed E-state index contributed by atoms with van der Waals surface area (Å²) in [5, 5.41) is 0. The lowest BCUT2D eigenvalue weighted by atomic mass is 9.69. The van der Waals surface area contributed by atoms with Gasteiger partial charge in [0.25, 0.3) is 0 Å². The first-order valence-corrected chi connectivity index (χ1v) is 10.1. The molecule has 0 nitrogen and oxygen atoms in total. The summed E-state index contributed by atoms with van der Waals surface area (Å²) in [6, 6.07) is 0. The fraction of sp³-hybridized carbons (Fsp3) is 1.00. The van der Waals surface area contributed by atoms with Crippen molar-refractivity contribution in [3.63, 3.8) is 0 Å². The van der Waals surface area contributed by atoms with Gasteiger partial charge < -0.3 is 0 Å². The Morgan fingerprint density at radius 2 is 1.43 bits per heavy atom. The minimum atomic E-state index is 0.938.